The first-order chi connectivity index (χ1) is 13.5. The minimum Gasteiger partial charge on any atom is -0.336 e. The molecule has 3 aliphatic rings. The van der Waals surface area contributed by atoms with E-state index in [2.05, 4.69) is 35.1 Å². The number of aromatic nitrogens is 5. The number of pyridine rings is 1. The number of nitrogens with one attached hydrogen (secondary N) is 2. The third kappa shape index (κ3) is 3.18. The third-order valence-corrected chi connectivity index (χ3v) is 6.00. The Bertz CT molecular complexity index is 1010. The molecule has 7 nitrogen and oxygen atoms in total. The van der Waals surface area contributed by atoms with E-state index in [4.69, 9.17) is 0 Å². The van der Waals surface area contributed by atoms with Gasteiger partial charge >= 0.3 is 6.18 Å². The maximum absolute atomic E-state index is 13.1. The number of hydrogen-bond acceptors (Lipinski definition) is 7. The average Bonchev–Trinajstić information content (AvgIpc) is 3.12. The van der Waals surface area contributed by atoms with Crippen molar-refractivity contribution in [2.45, 2.75) is 41.0 Å². The molecule has 6 rings (SSSR count). The molecule has 2 bridgehead atoms. The van der Waals surface area contributed by atoms with Crippen molar-refractivity contribution in [1.82, 2.24) is 30.2 Å². The molecule has 0 radical (unpaired) electrons. The van der Waals surface area contributed by atoms with Crippen molar-refractivity contribution >= 4 is 29.0 Å². The van der Waals surface area contributed by atoms with Crippen LogP contribution in [0.4, 0.5) is 19.1 Å². The Morgan fingerprint density at radius 1 is 1.18 bits per heavy atom. The largest absolute Gasteiger partial charge is 0.434 e. The lowest BCUT2D eigenvalue weighted by molar-refractivity contribution is -0.143. The van der Waals surface area contributed by atoms with Crippen LogP contribution >= 0.6 is 11.8 Å². The number of hydrogen-bond donors (Lipinski definition) is 2. The minimum atomic E-state index is -4.52. The Hall–Kier alpha value is -2.40. The van der Waals surface area contributed by atoms with Crippen LogP contribution in [0, 0.1) is 0 Å². The van der Waals surface area contributed by atoms with E-state index in [-0.39, 0.29) is 4.90 Å². The zero-order valence-corrected chi connectivity index (χ0v) is 15.4. The Kier molecular flexibility index (Phi) is 4.16. The van der Waals surface area contributed by atoms with Crippen molar-refractivity contribution < 1.29 is 13.2 Å². The van der Waals surface area contributed by atoms with Gasteiger partial charge in [0, 0.05) is 36.3 Å². The number of halogens is 3. The molecule has 0 spiro atoms. The van der Waals surface area contributed by atoms with Gasteiger partial charge in [-0.15, -0.1) is 0 Å². The molecule has 2 N–H and O–H groups in total. The van der Waals surface area contributed by atoms with Gasteiger partial charge in [0.15, 0.2) is 17.0 Å². The second-order valence-electron chi connectivity index (χ2n) is 6.88. The second kappa shape index (κ2) is 6.59. The van der Waals surface area contributed by atoms with Gasteiger partial charge in [-0.1, -0.05) is 11.8 Å². The standard InChI is InChI=1S/C17H16F3N7S/c18-17(19,20)13-11(2-1-5-21-13)28-12-7-23-14-15(24-12)26-16(25-14)27-8-9-3-4-10(27)6-22-9/h1-2,5,7,9-10,22H,3-4,6,8H2,(H,23,24,25,26)/t9-,10-/m0/s1. The van der Waals surface area contributed by atoms with E-state index in [0.29, 0.717) is 34.4 Å². The number of piperazine rings is 1. The highest BCUT2D eigenvalue weighted by molar-refractivity contribution is 7.99. The summed E-state index contributed by atoms with van der Waals surface area (Å²) in [6.45, 7) is 1.79. The zero-order chi connectivity index (χ0) is 19.3. The molecule has 0 saturated carbocycles. The van der Waals surface area contributed by atoms with Crippen LogP contribution in [-0.2, 0) is 6.18 Å². The van der Waals surface area contributed by atoms with Gasteiger partial charge in [-0.25, -0.2) is 9.97 Å². The fourth-order valence-electron chi connectivity index (χ4n) is 3.72. The monoisotopic (exact) mass is 407 g/mol. The van der Waals surface area contributed by atoms with Crippen molar-refractivity contribution in [2.24, 2.45) is 0 Å². The molecule has 3 aromatic rings. The summed E-state index contributed by atoms with van der Waals surface area (Å²) in [7, 11) is 0. The second-order valence-corrected chi connectivity index (χ2v) is 7.94. The van der Waals surface area contributed by atoms with Crippen molar-refractivity contribution in [3.8, 4) is 0 Å². The minimum absolute atomic E-state index is 0.0113. The number of rotatable bonds is 3. The molecule has 0 amide bonds. The van der Waals surface area contributed by atoms with Crippen LogP contribution in [0.5, 0.6) is 0 Å². The number of alkyl halides is 3. The maximum Gasteiger partial charge on any atom is 0.434 e. The quantitative estimate of drug-likeness (QED) is 0.691. The summed E-state index contributed by atoms with van der Waals surface area (Å²) in [5, 5.41) is 3.84. The summed E-state index contributed by atoms with van der Waals surface area (Å²) in [5.41, 5.74) is -0.00752. The molecule has 146 valence electrons. The molecule has 3 aromatic heterocycles. The Morgan fingerprint density at radius 3 is 2.79 bits per heavy atom. The fraction of sp³-hybridized carbons (Fsp3) is 0.412. The molecule has 3 saturated heterocycles. The molecule has 11 heteroatoms. The molecule has 0 unspecified atom stereocenters. The van der Waals surface area contributed by atoms with Gasteiger partial charge in [0.2, 0.25) is 5.95 Å². The van der Waals surface area contributed by atoms with Crippen molar-refractivity contribution in [3.63, 3.8) is 0 Å². The van der Waals surface area contributed by atoms with E-state index < -0.39 is 11.9 Å². The van der Waals surface area contributed by atoms with E-state index in [1.165, 1.54) is 18.3 Å². The number of aromatic amines is 1. The summed E-state index contributed by atoms with van der Waals surface area (Å²) in [5.74, 6) is 0.714. The molecular formula is C17H16F3N7S. The van der Waals surface area contributed by atoms with Crippen molar-refractivity contribution in [1.29, 1.82) is 0 Å². The predicted molar refractivity (Wildman–Crippen MR) is 97.2 cm³/mol. The molecule has 0 aliphatic carbocycles. The normalized spacial score (nSPS) is 22.2. The van der Waals surface area contributed by atoms with Gasteiger partial charge in [0.05, 0.1) is 6.20 Å². The molecule has 3 aliphatic heterocycles. The van der Waals surface area contributed by atoms with Crippen LogP contribution < -0.4 is 10.2 Å². The fourth-order valence-corrected chi connectivity index (χ4v) is 4.60. The van der Waals surface area contributed by atoms with E-state index >= 15 is 0 Å². The highest BCUT2D eigenvalue weighted by Crippen LogP contribution is 2.37. The first-order valence-electron chi connectivity index (χ1n) is 8.90. The van der Waals surface area contributed by atoms with Crippen LogP contribution in [0.1, 0.15) is 18.5 Å². The van der Waals surface area contributed by atoms with Crippen LogP contribution in [-0.4, -0.2) is 50.1 Å². The SMILES string of the molecule is FC(F)(F)c1ncccc1Sc1cnc2nc(N3C[C@@H]4CC[C@H]3CN4)[nH]c2n1. The summed E-state index contributed by atoms with van der Waals surface area (Å²) in [6.07, 6.45) is 0.311. The van der Waals surface area contributed by atoms with Gasteiger partial charge < -0.3 is 15.2 Å². The lowest BCUT2D eigenvalue weighted by Crippen LogP contribution is -2.61. The Morgan fingerprint density at radius 2 is 2.07 bits per heavy atom. The summed E-state index contributed by atoms with van der Waals surface area (Å²) < 4.78 is 39.4. The first kappa shape index (κ1) is 17.7. The highest BCUT2D eigenvalue weighted by atomic mass is 32.2. The number of anilines is 1. The molecular weight excluding hydrogens is 391 g/mol. The van der Waals surface area contributed by atoms with Gasteiger partial charge in [0.25, 0.3) is 0 Å². The van der Waals surface area contributed by atoms with Gasteiger partial charge in [0.1, 0.15) is 5.03 Å². The molecule has 6 heterocycles. The van der Waals surface area contributed by atoms with Crippen LogP contribution in [0.15, 0.2) is 34.4 Å². The number of piperidine rings is 2. The zero-order valence-electron chi connectivity index (χ0n) is 14.6. The van der Waals surface area contributed by atoms with Crippen LogP contribution in [0.2, 0.25) is 0 Å². The summed E-state index contributed by atoms with van der Waals surface area (Å²) in [4.78, 5) is 22.1. The molecule has 3 fully saturated rings. The lowest BCUT2D eigenvalue weighted by Gasteiger charge is -2.45. The maximum atomic E-state index is 13.1. The molecule has 0 aromatic carbocycles. The number of H-pyrrole nitrogens is 1. The number of fused-ring (bicyclic) bond motifs is 4. The smallest absolute Gasteiger partial charge is 0.336 e. The highest BCUT2D eigenvalue weighted by Gasteiger charge is 2.36. The van der Waals surface area contributed by atoms with E-state index in [1.54, 1.807) is 0 Å². The van der Waals surface area contributed by atoms with Gasteiger partial charge in [-0.2, -0.15) is 18.2 Å². The topological polar surface area (TPSA) is 82.6 Å². The van der Waals surface area contributed by atoms with E-state index in [0.717, 1.165) is 43.9 Å². The average molecular weight is 407 g/mol. The lowest BCUT2D eigenvalue weighted by atomic mass is 9.93. The number of imidazole rings is 1. The van der Waals surface area contributed by atoms with Crippen molar-refractivity contribution in [3.05, 3.63) is 30.2 Å². The summed E-state index contributed by atoms with van der Waals surface area (Å²) in [6, 6.07) is 3.68. The van der Waals surface area contributed by atoms with Gasteiger partial charge in [-0.3, -0.25) is 4.98 Å². The van der Waals surface area contributed by atoms with Crippen LogP contribution in [0.25, 0.3) is 11.3 Å². The van der Waals surface area contributed by atoms with E-state index in [9.17, 15) is 13.2 Å². The van der Waals surface area contributed by atoms with E-state index in [1.807, 2.05) is 0 Å². The first-order valence-corrected chi connectivity index (χ1v) is 9.72. The molecule has 2 atom stereocenters. The summed E-state index contributed by atoms with van der Waals surface area (Å²) >= 11 is 0.885. The Labute approximate surface area is 162 Å². The van der Waals surface area contributed by atoms with Crippen LogP contribution in [0.3, 0.4) is 0 Å². The predicted octanol–water partition coefficient (Wildman–Crippen LogP) is 2.86. The molecule has 28 heavy (non-hydrogen) atoms. The number of nitrogens with zero attached hydrogens (tertiary/aromatic N) is 5. The van der Waals surface area contributed by atoms with Gasteiger partial charge in [-0.05, 0) is 25.0 Å². The Balaban J connectivity index is 1.44. The third-order valence-electron chi connectivity index (χ3n) is 5.05. The van der Waals surface area contributed by atoms with Crippen molar-refractivity contribution in [2.75, 3.05) is 18.0 Å².